The average Bonchev–Trinajstić information content (AvgIpc) is 2.29. The van der Waals surface area contributed by atoms with E-state index < -0.39 is 5.41 Å². The average molecular weight is 300 g/mol. The van der Waals surface area contributed by atoms with Crippen LogP contribution in [0.3, 0.4) is 0 Å². The lowest BCUT2D eigenvalue weighted by molar-refractivity contribution is -0.126. The number of carbonyl (C=O) groups excluding carboxylic acids is 1. The zero-order chi connectivity index (χ0) is 9.35. The van der Waals surface area contributed by atoms with Crippen molar-refractivity contribution in [1.29, 1.82) is 0 Å². The smallest absolute Gasteiger partial charge is 0.225 e. The van der Waals surface area contributed by atoms with Gasteiger partial charge in [0.1, 0.15) is 0 Å². The predicted octanol–water partition coefficient (Wildman–Crippen LogP) is 0.738. The maximum Gasteiger partial charge on any atom is 0.225 e. The summed E-state index contributed by atoms with van der Waals surface area (Å²) < 4.78 is 0. The molecule has 1 aliphatic carbocycles. The summed E-state index contributed by atoms with van der Waals surface area (Å²) in [6.45, 7) is 0.340. The molecule has 12 heavy (non-hydrogen) atoms. The molecule has 0 aliphatic heterocycles. The third-order valence-corrected chi connectivity index (χ3v) is 5.11. The van der Waals surface area contributed by atoms with Crippen LogP contribution in [0.5, 0.6) is 0 Å². The van der Waals surface area contributed by atoms with E-state index in [1.807, 2.05) is 0 Å². The van der Waals surface area contributed by atoms with Gasteiger partial charge in [0, 0.05) is 16.2 Å². The minimum absolute atomic E-state index is 0.281. The Morgan fingerprint density at radius 2 is 1.83 bits per heavy atom. The van der Waals surface area contributed by atoms with Crippen LogP contribution in [-0.4, -0.2) is 22.1 Å². The minimum atomic E-state index is -0.498. The number of primary amides is 1. The SMILES string of the molecule is NCC1(C(N)=O)CC(Br)C(Br)C1. The fourth-order valence-corrected chi connectivity index (χ4v) is 3.17. The van der Waals surface area contributed by atoms with Crippen molar-refractivity contribution in [2.45, 2.75) is 22.5 Å². The van der Waals surface area contributed by atoms with Crippen LogP contribution < -0.4 is 11.5 Å². The van der Waals surface area contributed by atoms with Gasteiger partial charge in [0.05, 0.1) is 5.41 Å². The van der Waals surface area contributed by atoms with Gasteiger partial charge in [-0.15, -0.1) is 0 Å². The van der Waals surface area contributed by atoms with Crippen molar-refractivity contribution in [3.63, 3.8) is 0 Å². The van der Waals surface area contributed by atoms with Crippen LogP contribution in [0, 0.1) is 5.41 Å². The number of hydrogen-bond acceptors (Lipinski definition) is 2. The summed E-state index contributed by atoms with van der Waals surface area (Å²) in [5.41, 5.74) is 10.4. The molecule has 0 saturated heterocycles. The lowest BCUT2D eigenvalue weighted by Crippen LogP contribution is -2.41. The lowest BCUT2D eigenvalue weighted by atomic mass is 9.86. The van der Waals surface area contributed by atoms with Crippen molar-refractivity contribution in [3.8, 4) is 0 Å². The van der Waals surface area contributed by atoms with E-state index in [1.165, 1.54) is 0 Å². The Bertz CT molecular complexity index is 188. The maximum absolute atomic E-state index is 11.1. The molecule has 0 spiro atoms. The number of carbonyl (C=O) groups is 1. The van der Waals surface area contributed by atoms with Gasteiger partial charge in [-0.25, -0.2) is 0 Å². The Morgan fingerprint density at radius 3 is 2.00 bits per heavy atom. The topological polar surface area (TPSA) is 69.1 Å². The van der Waals surface area contributed by atoms with Crippen molar-refractivity contribution < 1.29 is 4.79 Å². The highest BCUT2D eigenvalue weighted by Crippen LogP contribution is 2.44. The third-order valence-electron chi connectivity index (χ3n) is 2.48. The van der Waals surface area contributed by atoms with E-state index in [0.29, 0.717) is 16.2 Å². The molecule has 2 unspecified atom stereocenters. The Morgan fingerprint density at radius 1 is 1.42 bits per heavy atom. The van der Waals surface area contributed by atoms with Gasteiger partial charge in [-0.1, -0.05) is 31.9 Å². The van der Waals surface area contributed by atoms with E-state index in [0.717, 1.165) is 12.8 Å². The van der Waals surface area contributed by atoms with Crippen LogP contribution in [0.4, 0.5) is 0 Å². The second-order valence-electron chi connectivity index (χ2n) is 3.29. The first-order chi connectivity index (χ1) is 5.52. The molecule has 0 heterocycles. The highest BCUT2D eigenvalue weighted by atomic mass is 79.9. The second-order valence-corrected chi connectivity index (χ2v) is 5.64. The van der Waals surface area contributed by atoms with Crippen LogP contribution >= 0.6 is 31.9 Å². The molecule has 1 aliphatic rings. The summed E-state index contributed by atoms with van der Waals surface area (Å²) in [5.74, 6) is -0.281. The summed E-state index contributed by atoms with van der Waals surface area (Å²) in [6.07, 6.45) is 1.46. The normalized spacial score (nSPS) is 41.6. The van der Waals surface area contributed by atoms with Gasteiger partial charge in [-0.2, -0.15) is 0 Å². The summed E-state index contributed by atoms with van der Waals surface area (Å²) in [6, 6.07) is 0. The summed E-state index contributed by atoms with van der Waals surface area (Å²) in [7, 11) is 0. The summed E-state index contributed by atoms with van der Waals surface area (Å²) in [4.78, 5) is 11.7. The molecule has 70 valence electrons. The molecule has 1 saturated carbocycles. The molecule has 3 nitrogen and oxygen atoms in total. The highest BCUT2D eigenvalue weighted by Gasteiger charge is 2.46. The van der Waals surface area contributed by atoms with Crippen LogP contribution in [0.25, 0.3) is 0 Å². The van der Waals surface area contributed by atoms with E-state index >= 15 is 0 Å². The standard InChI is InChI=1S/C7H12Br2N2O/c8-4-1-7(3-10,6(11)12)2-5(4)9/h4-5H,1-3,10H2,(H2,11,12). The number of halogens is 2. The van der Waals surface area contributed by atoms with Gasteiger partial charge in [0.2, 0.25) is 5.91 Å². The van der Waals surface area contributed by atoms with E-state index in [4.69, 9.17) is 11.5 Å². The number of alkyl halides is 2. The Balaban J connectivity index is 2.78. The van der Waals surface area contributed by atoms with Gasteiger partial charge in [-0.3, -0.25) is 4.79 Å². The van der Waals surface area contributed by atoms with Gasteiger partial charge < -0.3 is 11.5 Å². The fraction of sp³-hybridized carbons (Fsp3) is 0.857. The number of nitrogens with two attached hydrogens (primary N) is 2. The van der Waals surface area contributed by atoms with E-state index in [1.54, 1.807) is 0 Å². The molecule has 2 atom stereocenters. The molecule has 5 heteroatoms. The quantitative estimate of drug-likeness (QED) is 0.738. The summed E-state index contributed by atoms with van der Waals surface area (Å²) >= 11 is 6.96. The van der Waals surface area contributed by atoms with Crippen molar-refractivity contribution >= 4 is 37.8 Å². The molecule has 4 N–H and O–H groups in total. The molecule has 0 aromatic carbocycles. The van der Waals surface area contributed by atoms with Crippen LogP contribution in [0.1, 0.15) is 12.8 Å². The molecular formula is C7H12Br2N2O. The van der Waals surface area contributed by atoms with Crippen LogP contribution in [0.15, 0.2) is 0 Å². The molecule has 1 amide bonds. The maximum atomic E-state index is 11.1. The van der Waals surface area contributed by atoms with Crippen LogP contribution in [0.2, 0.25) is 0 Å². The monoisotopic (exact) mass is 298 g/mol. The molecule has 0 radical (unpaired) electrons. The first-order valence-electron chi connectivity index (χ1n) is 3.80. The van der Waals surface area contributed by atoms with Gasteiger partial charge in [-0.05, 0) is 12.8 Å². The minimum Gasteiger partial charge on any atom is -0.369 e. The van der Waals surface area contributed by atoms with Crippen molar-refractivity contribution in [1.82, 2.24) is 0 Å². The Hall–Kier alpha value is 0.390. The number of hydrogen-bond donors (Lipinski definition) is 2. The molecule has 1 rings (SSSR count). The first-order valence-corrected chi connectivity index (χ1v) is 5.63. The Labute approximate surface area is 88.5 Å². The first kappa shape index (κ1) is 10.5. The van der Waals surface area contributed by atoms with Gasteiger partial charge in [0.15, 0.2) is 0 Å². The zero-order valence-corrected chi connectivity index (χ0v) is 9.77. The largest absolute Gasteiger partial charge is 0.369 e. The predicted molar refractivity (Wildman–Crippen MR) is 55.3 cm³/mol. The van der Waals surface area contributed by atoms with Gasteiger partial charge in [0.25, 0.3) is 0 Å². The lowest BCUT2D eigenvalue weighted by Gasteiger charge is -2.22. The highest BCUT2D eigenvalue weighted by molar-refractivity contribution is 9.12. The molecule has 0 aromatic heterocycles. The molecular weight excluding hydrogens is 288 g/mol. The number of rotatable bonds is 2. The summed E-state index contributed by atoms with van der Waals surface area (Å²) in [5, 5.41) is 0. The van der Waals surface area contributed by atoms with Crippen molar-refractivity contribution in [3.05, 3.63) is 0 Å². The molecule has 1 fully saturated rings. The molecule has 0 bridgehead atoms. The third kappa shape index (κ3) is 1.67. The van der Waals surface area contributed by atoms with Crippen molar-refractivity contribution in [2.24, 2.45) is 16.9 Å². The fourth-order valence-electron chi connectivity index (χ4n) is 1.55. The zero-order valence-electron chi connectivity index (χ0n) is 6.59. The van der Waals surface area contributed by atoms with E-state index in [9.17, 15) is 4.79 Å². The van der Waals surface area contributed by atoms with E-state index in [-0.39, 0.29) is 5.91 Å². The van der Waals surface area contributed by atoms with Crippen molar-refractivity contribution in [2.75, 3.05) is 6.54 Å². The van der Waals surface area contributed by atoms with Gasteiger partial charge >= 0.3 is 0 Å². The second kappa shape index (κ2) is 3.64. The Kier molecular flexibility index (Phi) is 3.17. The molecule has 0 aromatic rings. The number of amides is 1. The van der Waals surface area contributed by atoms with Crippen LogP contribution in [-0.2, 0) is 4.79 Å². The van der Waals surface area contributed by atoms with E-state index in [2.05, 4.69) is 31.9 Å².